The van der Waals surface area contributed by atoms with Crippen LogP contribution in [0.4, 0.5) is 0 Å². The van der Waals surface area contributed by atoms with E-state index in [0.29, 0.717) is 18.0 Å². The second-order valence-corrected chi connectivity index (χ2v) is 5.07. The highest BCUT2D eigenvalue weighted by Gasteiger charge is 2.17. The molecule has 0 saturated carbocycles. The summed E-state index contributed by atoms with van der Waals surface area (Å²) in [6.07, 6.45) is -0.642. The molecule has 0 aliphatic carbocycles. The minimum atomic E-state index is -0.642. The van der Waals surface area contributed by atoms with Crippen LogP contribution in [0.2, 0.25) is 0 Å². The topological polar surface area (TPSA) is 71.0 Å². The van der Waals surface area contributed by atoms with E-state index in [0.717, 1.165) is 0 Å². The Kier molecular flexibility index (Phi) is 6.08. The summed E-state index contributed by atoms with van der Waals surface area (Å²) in [5, 5.41) is 21.9. The second-order valence-electron chi connectivity index (χ2n) is 5.07. The molecule has 5 nitrogen and oxygen atoms in total. The molecule has 0 unspecified atom stereocenters. The number of aliphatic hydroxyl groups excluding tert-OH is 2. The van der Waals surface area contributed by atoms with E-state index >= 15 is 0 Å². The first-order valence-corrected chi connectivity index (χ1v) is 6.27. The SMILES string of the molecule is COc1cccc(OC[C@@H](O)CNC(C)(C)CO)c1. The van der Waals surface area contributed by atoms with Gasteiger partial charge in [0.05, 0.1) is 13.7 Å². The summed E-state index contributed by atoms with van der Waals surface area (Å²) in [6, 6.07) is 7.22. The normalized spacial score (nSPS) is 13.1. The van der Waals surface area contributed by atoms with E-state index in [9.17, 15) is 5.11 Å². The van der Waals surface area contributed by atoms with Crippen LogP contribution in [0.3, 0.4) is 0 Å². The third kappa shape index (κ3) is 5.92. The van der Waals surface area contributed by atoms with Gasteiger partial charge in [0.25, 0.3) is 0 Å². The van der Waals surface area contributed by atoms with E-state index in [1.54, 1.807) is 19.2 Å². The Bertz CT molecular complexity index is 381. The zero-order valence-corrected chi connectivity index (χ0v) is 11.7. The van der Waals surface area contributed by atoms with E-state index in [-0.39, 0.29) is 13.2 Å². The van der Waals surface area contributed by atoms with E-state index in [2.05, 4.69) is 5.32 Å². The fraction of sp³-hybridized carbons (Fsp3) is 0.571. The summed E-state index contributed by atoms with van der Waals surface area (Å²) in [5.41, 5.74) is -0.406. The van der Waals surface area contributed by atoms with Crippen LogP contribution in [0.1, 0.15) is 13.8 Å². The summed E-state index contributed by atoms with van der Waals surface area (Å²) in [5.74, 6) is 1.37. The Morgan fingerprint density at radius 3 is 2.63 bits per heavy atom. The van der Waals surface area contributed by atoms with Gasteiger partial charge >= 0.3 is 0 Å². The van der Waals surface area contributed by atoms with Gasteiger partial charge in [-0.15, -0.1) is 0 Å². The zero-order valence-electron chi connectivity index (χ0n) is 11.7. The summed E-state index contributed by atoms with van der Waals surface area (Å²) >= 11 is 0. The molecule has 1 aromatic carbocycles. The van der Waals surface area contributed by atoms with Crippen molar-refractivity contribution in [2.45, 2.75) is 25.5 Å². The van der Waals surface area contributed by atoms with Gasteiger partial charge in [-0.05, 0) is 26.0 Å². The molecule has 3 N–H and O–H groups in total. The molecule has 0 aliphatic heterocycles. The zero-order chi connectivity index (χ0) is 14.3. The summed E-state index contributed by atoms with van der Waals surface area (Å²) in [7, 11) is 1.59. The van der Waals surface area contributed by atoms with Crippen LogP contribution < -0.4 is 14.8 Å². The number of rotatable bonds is 8. The summed E-state index contributed by atoms with van der Waals surface area (Å²) in [6.45, 7) is 4.28. The molecule has 0 amide bonds. The molecule has 0 radical (unpaired) electrons. The molecule has 1 rings (SSSR count). The van der Waals surface area contributed by atoms with Crippen molar-refractivity contribution in [3.63, 3.8) is 0 Å². The smallest absolute Gasteiger partial charge is 0.123 e. The highest BCUT2D eigenvalue weighted by Crippen LogP contribution is 2.18. The van der Waals surface area contributed by atoms with Crippen LogP contribution in [0.15, 0.2) is 24.3 Å². The number of methoxy groups -OCH3 is 1. The monoisotopic (exact) mass is 269 g/mol. The fourth-order valence-electron chi connectivity index (χ4n) is 1.39. The average Bonchev–Trinajstić information content (AvgIpc) is 2.43. The molecule has 0 saturated heterocycles. The predicted octanol–water partition coefficient (Wildman–Crippen LogP) is 0.795. The number of aliphatic hydroxyl groups is 2. The number of ether oxygens (including phenoxy) is 2. The molecule has 1 aromatic rings. The quantitative estimate of drug-likeness (QED) is 0.651. The molecule has 108 valence electrons. The Labute approximate surface area is 114 Å². The van der Waals surface area contributed by atoms with Gasteiger partial charge in [-0.3, -0.25) is 0 Å². The lowest BCUT2D eigenvalue weighted by atomic mass is 10.1. The van der Waals surface area contributed by atoms with Crippen molar-refractivity contribution >= 4 is 0 Å². The van der Waals surface area contributed by atoms with Gasteiger partial charge < -0.3 is 25.0 Å². The van der Waals surface area contributed by atoms with Crippen LogP contribution >= 0.6 is 0 Å². The Morgan fingerprint density at radius 1 is 1.32 bits per heavy atom. The lowest BCUT2D eigenvalue weighted by Crippen LogP contribution is -2.47. The molecule has 0 aliphatic rings. The number of nitrogens with one attached hydrogen (secondary N) is 1. The van der Waals surface area contributed by atoms with E-state index in [1.165, 1.54) is 0 Å². The predicted molar refractivity (Wildman–Crippen MR) is 73.7 cm³/mol. The van der Waals surface area contributed by atoms with Crippen LogP contribution in [-0.4, -0.2) is 48.7 Å². The van der Waals surface area contributed by atoms with Crippen molar-refractivity contribution in [2.24, 2.45) is 0 Å². The van der Waals surface area contributed by atoms with E-state index in [1.807, 2.05) is 26.0 Å². The Hall–Kier alpha value is -1.30. The van der Waals surface area contributed by atoms with Gasteiger partial charge in [0.1, 0.15) is 24.2 Å². The molecule has 0 aromatic heterocycles. The number of hydrogen-bond donors (Lipinski definition) is 3. The summed E-state index contributed by atoms with van der Waals surface area (Å²) in [4.78, 5) is 0. The molecule has 0 heterocycles. The summed E-state index contributed by atoms with van der Waals surface area (Å²) < 4.78 is 10.6. The maximum Gasteiger partial charge on any atom is 0.123 e. The van der Waals surface area contributed by atoms with Gasteiger partial charge in [-0.2, -0.15) is 0 Å². The Balaban J connectivity index is 2.35. The molecule has 1 atom stereocenters. The molecular weight excluding hydrogens is 246 g/mol. The van der Waals surface area contributed by atoms with Crippen LogP contribution in [0, 0.1) is 0 Å². The van der Waals surface area contributed by atoms with Crippen molar-refractivity contribution in [3.8, 4) is 11.5 Å². The van der Waals surface area contributed by atoms with Gasteiger partial charge in [0.2, 0.25) is 0 Å². The van der Waals surface area contributed by atoms with Gasteiger partial charge in [-0.25, -0.2) is 0 Å². The molecule has 19 heavy (non-hydrogen) atoms. The first-order chi connectivity index (χ1) is 8.96. The maximum atomic E-state index is 9.80. The lowest BCUT2D eigenvalue weighted by Gasteiger charge is -2.25. The van der Waals surface area contributed by atoms with E-state index < -0.39 is 11.6 Å². The molecular formula is C14H23NO4. The number of hydrogen-bond acceptors (Lipinski definition) is 5. The van der Waals surface area contributed by atoms with Crippen molar-refractivity contribution < 1.29 is 19.7 Å². The average molecular weight is 269 g/mol. The molecule has 0 fully saturated rings. The standard InChI is InChI=1S/C14H23NO4/c1-14(2,10-16)15-8-11(17)9-19-13-6-4-5-12(7-13)18-3/h4-7,11,15-17H,8-10H2,1-3H3/t11-/m0/s1. The number of benzene rings is 1. The van der Waals surface area contributed by atoms with E-state index in [4.69, 9.17) is 14.6 Å². The van der Waals surface area contributed by atoms with Gasteiger partial charge in [-0.1, -0.05) is 6.07 Å². The number of β-amino-alcohol motifs (C(OH)–C–C–N with tert-alkyl or cyclic N) is 1. The lowest BCUT2D eigenvalue weighted by molar-refractivity contribution is 0.0905. The van der Waals surface area contributed by atoms with Crippen molar-refractivity contribution in [2.75, 3.05) is 26.9 Å². The minimum Gasteiger partial charge on any atom is -0.497 e. The van der Waals surface area contributed by atoms with Crippen LogP contribution in [0.5, 0.6) is 11.5 Å². The molecule has 0 bridgehead atoms. The van der Waals surface area contributed by atoms with Crippen LogP contribution in [-0.2, 0) is 0 Å². The largest absolute Gasteiger partial charge is 0.497 e. The Morgan fingerprint density at radius 2 is 2.00 bits per heavy atom. The fourth-order valence-corrected chi connectivity index (χ4v) is 1.39. The van der Waals surface area contributed by atoms with Gasteiger partial charge in [0.15, 0.2) is 0 Å². The van der Waals surface area contributed by atoms with Gasteiger partial charge in [0, 0.05) is 18.2 Å². The van der Waals surface area contributed by atoms with Crippen molar-refractivity contribution in [1.29, 1.82) is 0 Å². The first-order valence-electron chi connectivity index (χ1n) is 6.27. The maximum absolute atomic E-state index is 9.80. The third-order valence-electron chi connectivity index (χ3n) is 2.70. The molecule has 5 heteroatoms. The third-order valence-corrected chi connectivity index (χ3v) is 2.70. The highest BCUT2D eigenvalue weighted by atomic mass is 16.5. The molecule has 0 spiro atoms. The minimum absolute atomic E-state index is 0.0104. The first kappa shape index (κ1) is 15.8. The second kappa shape index (κ2) is 7.33. The van der Waals surface area contributed by atoms with Crippen molar-refractivity contribution in [1.82, 2.24) is 5.32 Å². The van der Waals surface area contributed by atoms with Crippen LogP contribution in [0.25, 0.3) is 0 Å². The van der Waals surface area contributed by atoms with Crippen molar-refractivity contribution in [3.05, 3.63) is 24.3 Å². The highest BCUT2D eigenvalue weighted by molar-refractivity contribution is 5.32.